The average Bonchev–Trinajstić information content (AvgIpc) is 2.77. The number of nitrogens with one attached hydrogen (secondary N) is 1. The summed E-state index contributed by atoms with van der Waals surface area (Å²) in [5.74, 6) is -1.86. The highest BCUT2D eigenvalue weighted by molar-refractivity contribution is 5.89. The van der Waals surface area contributed by atoms with Gasteiger partial charge in [-0.1, -0.05) is 33.6 Å². The molecule has 128 valence electrons. The Morgan fingerprint density at radius 2 is 1.75 bits per heavy atom. The SMILES string of the molecule is CCCCC1OC2(CCC)OC(=N)C(C#N)(C2CC)C1(C#N)C#N. The van der Waals surface area contributed by atoms with Crippen molar-refractivity contribution in [1.82, 2.24) is 0 Å². The topological polar surface area (TPSA) is 114 Å². The zero-order chi connectivity index (χ0) is 18.0. The van der Waals surface area contributed by atoms with Crippen LogP contribution >= 0.6 is 0 Å². The number of rotatable bonds is 6. The second-order valence-corrected chi connectivity index (χ2v) is 6.65. The van der Waals surface area contributed by atoms with E-state index in [9.17, 15) is 15.8 Å². The molecule has 2 fully saturated rings. The Labute approximate surface area is 143 Å². The van der Waals surface area contributed by atoms with E-state index < -0.39 is 28.6 Å². The molecular formula is C18H24N4O2. The van der Waals surface area contributed by atoms with Crippen LogP contribution < -0.4 is 0 Å². The molecule has 0 aromatic carbocycles. The van der Waals surface area contributed by atoms with Gasteiger partial charge < -0.3 is 9.47 Å². The van der Waals surface area contributed by atoms with Crippen LogP contribution in [0.4, 0.5) is 0 Å². The van der Waals surface area contributed by atoms with Crippen LogP contribution in [-0.4, -0.2) is 17.8 Å². The molecule has 2 aliphatic heterocycles. The zero-order valence-electron chi connectivity index (χ0n) is 14.6. The number of nitrogens with zero attached hydrogens (tertiary/aromatic N) is 3. The van der Waals surface area contributed by atoms with E-state index in [1.807, 2.05) is 20.8 Å². The Morgan fingerprint density at radius 3 is 2.21 bits per heavy atom. The molecule has 6 heteroatoms. The third-order valence-electron chi connectivity index (χ3n) is 5.49. The molecule has 2 heterocycles. The minimum absolute atomic E-state index is 0.285. The molecule has 0 aromatic rings. The molecule has 6 nitrogen and oxygen atoms in total. The first-order valence-electron chi connectivity index (χ1n) is 8.68. The molecule has 0 radical (unpaired) electrons. The van der Waals surface area contributed by atoms with Crippen LogP contribution in [0.15, 0.2) is 0 Å². The van der Waals surface area contributed by atoms with Gasteiger partial charge in [-0.2, -0.15) is 15.8 Å². The maximum absolute atomic E-state index is 10.0. The van der Waals surface area contributed by atoms with Gasteiger partial charge in [-0.05, 0) is 19.3 Å². The summed E-state index contributed by atoms with van der Waals surface area (Å²) < 4.78 is 12.1. The minimum Gasteiger partial charge on any atom is -0.447 e. The summed E-state index contributed by atoms with van der Waals surface area (Å²) in [6, 6.07) is 6.31. The van der Waals surface area contributed by atoms with E-state index in [2.05, 4.69) is 18.2 Å². The van der Waals surface area contributed by atoms with Crippen LogP contribution in [0.5, 0.6) is 0 Å². The van der Waals surface area contributed by atoms with E-state index in [4.69, 9.17) is 14.9 Å². The standard InChI is InChI=1S/C18H24N4O2/c1-4-7-8-14-16(10-19,11-20)17(12-21)13(6-3)18(23-14,9-5-2)24-15(17)22/h13-14,22H,4-9H2,1-3H3. The third kappa shape index (κ3) is 1.98. The van der Waals surface area contributed by atoms with Crippen LogP contribution in [0.1, 0.15) is 59.3 Å². The Morgan fingerprint density at radius 1 is 1.08 bits per heavy atom. The van der Waals surface area contributed by atoms with Crippen molar-refractivity contribution in [1.29, 1.82) is 21.2 Å². The van der Waals surface area contributed by atoms with Gasteiger partial charge in [0.05, 0.1) is 30.2 Å². The summed E-state index contributed by atoms with van der Waals surface area (Å²) in [7, 11) is 0. The number of hydrogen-bond acceptors (Lipinski definition) is 6. The van der Waals surface area contributed by atoms with Gasteiger partial charge >= 0.3 is 0 Å². The predicted molar refractivity (Wildman–Crippen MR) is 86.3 cm³/mol. The van der Waals surface area contributed by atoms with Crippen molar-refractivity contribution < 1.29 is 9.47 Å². The van der Waals surface area contributed by atoms with Crippen molar-refractivity contribution in [3.63, 3.8) is 0 Å². The molecule has 2 saturated heterocycles. The fourth-order valence-electron chi connectivity index (χ4n) is 4.43. The van der Waals surface area contributed by atoms with Crippen LogP contribution in [0.3, 0.4) is 0 Å². The maximum Gasteiger partial charge on any atom is 0.217 e. The second kappa shape index (κ2) is 6.42. The van der Waals surface area contributed by atoms with Crippen LogP contribution in [0.25, 0.3) is 0 Å². The molecule has 2 aliphatic rings. The highest BCUT2D eigenvalue weighted by atomic mass is 16.7. The molecule has 0 aromatic heterocycles. The molecule has 4 unspecified atom stereocenters. The monoisotopic (exact) mass is 328 g/mol. The number of ether oxygens (including phenoxy) is 2. The fraction of sp³-hybridized carbons (Fsp3) is 0.778. The predicted octanol–water partition coefficient (Wildman–Crippen LogP) is 3.65. The van der Waals surface area contributed by atoms with E-state index in [1.54, 1.807) is 0 Å². The molecule has 0 saturated carbocycles. The van der Waals surface area contributed by atoms with Crippen molar-refractivity contribution in [2.24, 2.45) is 16.7 Å². The molecular weight excluding hydrogens is 304 g/mol. The van der Waals surface area contributed by atoms with E-state index in [-0.39, 0.29) is 5.90 Å². The first-order chi connectivity index (χ1) is 11.5. The normalized spacial score (nSPS) is 36.2. The molecule has 0 amide bonds. The van der Waals surface area contributed by atoms with Crippen LogP contribution in [0.2, 0.25) is 0 Å². The number of hydrogen-bond donors (Lipinski definition) is 1. The lowest BCUT2D eigenvalue weighted by Gasteiger charge is -2.49. The highest BCUT2D eigenvalue weighted by Crippen LogP contribution is 2.65. The molecule has 0 aliphatic carbocycles. The number of unbranched alkanes of at least 4 members (excludes halogenated alkanes) is 1. The van der Waals surface area contributed by atoms with Gasteiger partial charge in [-0.15, -0.1) is 0 Å². The lowest BCUT2D eigenvalue weighted by molar-refractivity contribution is -0.284. The van der Waals surface area contributed by atoms with Crippen molar-refractivity contribution in [2.45, 2.75) is 71.2 Å². The highest BCUT2D eigenvalue weighted by Gasteiger charge is 2.79. The zero-order valence-corrected chi connectivity index (χ0v) is 14.6. The van der Waals surface area contributed by atoms with Gasteiger partial charge in [-0.3, -0.25) is 5.41 Å². The Kier molecular flexibility index (Phi) is 4.88. The summed E-state index contributed by atoms with van der Waals surface area (Å²) >= 11 is 0. The molecule has 0 spiro atoms. The maximum atomic E-state index is 10.0. The molecule has 4 atom stereocenters. The Bertz CT molecular complexity index is 627. The Hall–Kier alpha value is -2.10. The third-order valence-corrected chi connectivity index (χ3v) is 5.49. The smallest absolute Gasteiger partial charge is 0.217 e. The van der Waals surface area contributed by atoms with E-state index in [1.165, 1.54) is 0 Å². The van der Waals surface area contributed by atoms with Crippen LogP contribution in [0, 0.1) is 56.2 Å². The molecule has 2 bridgehead atoms. The van der Waals surface area contributed by atoms with Gasteiger partial charge in [0, 0.05) is 6.42 Å². The molecule has 2 rings (SSSR count). The summed E-state index contributed by atoms with van der Waals surface area (Å²) in [5, 5.41) is 38.2. The summed E-state index contributed by atoms with van der Waals surface area (Å²) in [4.78, 5) is 0. The molecule has 1 N–H and O–H groups in total. The minimum atomic E-state index is -1.72. The van der Waals surface area contributed by atoms with Crippen molar-refractivity contribution in [3.8, 4) is 18.2 Å². The van der Waals surface area contributed by atoms with E-state index >= 15 is 0 Å². The molecule has 24 heavy (non-hydrogen) atoms. The summed E-state index contributed by atoms with van der Waals surface area (Å²) in [6.45, 7) is 5.90. The van der Waals surface area contributed by atoms with Crippen molar-refractivity contribution in [2.75, 3.05) is 0 Å². The van der Waals surface area contributed by atoms with Gasteiger partial charge in [0.25, 0.3) is 0 Å². The van der Waals surface area contributed by atoms with E-state index in [0.29, 0.717) is 19.3 Å². The lowest BCUT2D eigenvalue weighted by atomic mass is 9.53. The first-order valence-corrected chi connectivity index (χ1v) is 8.68. The average molecular weight is 328 g/mol. The van der Waals surface area contributed by atoms with Gasteiger partial charge in [-0.25, -0.2) is 0 Å². The lowest BCUT2D eigenvalue weighted by Crippen LogP contribution is -2.62. The fourth-order valence-corrected chi connectivity index (χ4v) is 4.43. The van der Waals surface area contributed by atoms with Gasteiger partial charge in [0.1, 0.15) is 0 Å². The van der Waals surface area contributed by atoms with Gasteiger partial charge in [0.15, 0.2) is 10.8 Å². The van der Waals surface area contributed by atoms with E-state index in [0.717, 1.165) is 19.3 Å². The van der Waals surface area contributed by atoms with Gasteiger partial charge in [0.2, 0.25) is 11.7 Å². The summed E-state index contributed by atoms with van der Waals surface area (Å²) in [5.41, 5.74) is -3.29. The summed E-state index contributed by atoms with van der Waals surface area (Å²) in [6.07, 6.45) is 3.24. The largest absolute Gasteiger partial charge is 0.447 e. The second-order valence-electron chi connectivity index (χ2n) is 6.65. The van der Waals surface area contributed by atoms with Crippen LogP contribution in [-0.2, 0) is 9.47 Å². The van der Waals surface area contributed by atoms with Crippen molar-refractivity contribution in [3.05, 3.63) is 0 Å². The number of nitriles is 3. The first kappa shape index (κ1) is 18.2. The quantitative estimate of drug-likeness (QED) is 0.799. The number of fused-ring (bicyclic) bond motifs is 2. The van der Waals surface area contributed by atoms with Crippen molar-refractivity contribution >= 4 is 5.90 Å². The Balaban J connectivity index is 2.71.